The van der Waals surface area contributed by atoms with E-state index in [-0.39, 0.29) is 13.2 Å². The number of hydrogen-bond acceptors (Lipinski definition) is 6. The molecule has 0 radical (unpaired) electrons. The first-order chi connectivity index (χ1) is 16.7. The molecule has 0 heterocycles. The molecule has 10 heteroatoms. The fourth-order valence-corrected chi connectivity index (χ4v) is 8.74. The van der Waals surface area contributed by atoms with E-state index in [1.165, 1.54) is 8.61 Å². The van der Waals surface area contributed by atoms with Gasteiger partial charge in [0, 0.05) is 13.1 Å². The topological polar surface area (TPSA) is 115 Å². The minimum absolute atomic E-state index is 0.235. The van der Waals surface area contributed by atoms with E-state index in [4.69, 9.17) is 0 Å². The number of sulfonamides is 2. The van der Waals surface area contributed by atoms with Crippen molar-refractivity contribution in [3.63, 3.8) is 0 Å². The van der Waals surface area contributed by atoms with Crippen LogP contribution in [0.15, 0.2) is 0 Å². The first kappa shape index (κ1) is 32.9. The van der Waals surface area contributed by atoms with Crippen LogP contribution in [0.3, 0.4) is 0 Å². The van der Waals surface area contributed by atoms with Gasteiger partial charge >= 0.3 is 0 Å². The van der Waals surface area contributed by atoms with Crippen LogP contribution >= 0.6 is 0 Å². The Balaban J connectivity index is 2.27. The van der Waals surface area contributed by atoms with E-state index in [0.29, 0.717) is 37.8 Å². The molecule has 1 unspecified atom stereocenters. The Morgan fingerprint density at radius 3 is 1.54 bits per heavy atom. The second kappa shape index (κ2) is 11.7. The SMILES string of the molecule is CC(CCC(C)(C)[C@H](CO)N(CC1CC1)S(=O)(=O)C(C)(C)C)S(=O)(=O)N(CC1CC1)[C@H](CO)C(C)(C)C. The van der Waals surface area contributed by atoms with Gasteiger partial charge in [0.05, 0.1) is 35.3 Å². The number of nitrogens with zero attached hydrogens (tertiary/aromatic N) is 2. The highest BCUT2D eigenvalue weighted by Gasteiger charge is 2.47. The lowest BCUT2D eigenvalue weighted by Crippen LogP contribution is -2.56. The lowest BCUT2D eigenvalue weighted by atomic mass is 9.80. The molecule has 2 N–H and O–H groups in total. The summed E-state index contributed by atoms with van der Waals surface area (Å²) in [6.07, 6.45) is 4.76. The minimum atomic E-state index is -3.71. The third-order valence-corrected chi connectivity index (χ3v) is 13.2. The van der Waals surface area contributed by atoms with Gasteiger partial charge in [-0.1, -0.05) is 34.6 Å². The van der Waals surface area contributed by atoms with Crippen molar-refractivity contribution in [3.05, 3.63) is 0 Å². The van der Waals surface area contributed by atoms with Crippen LogP contribution in [0.1, 0.15) is 101 Å². The van der Waals surface area contributed by atoms with Gasteiger partial charge in [-0.15, -0.1) is 0 Å². The van der Waals surface area contributed by atoms with Gasteiger partial charge in [-0.3, -0.25) is 0 Å². The van der Waals surface area contributed by atoms with Gasteiger partial charge in [0.1, 0.15) is 0 Å². The predicted molar refractivity (Wildman–Crippen MR) is 150 cm³/mol. The van der Waals surface area contributed by atoms with Gasteiger partial charge in [0.2, 0.25) is 20.0 Å². The van der Waals surface area contributed by atoms with E-state index in [0.717, 1.165) is 25.7 Å². The van der Waals surface area contributed by atoms with E-state index in [2.05, 4.69) is 0 Å². The maximum Gasteiger partial charge on any atom is 0.219 e. The molecule has 2 rings (SSSR count). The Morgan fingerprint density at radius 2 is 1.19 bits per heavy atom. The third kappa shape index (κ3) is 8.13. The van der Waals surface area contributed by atoms with E-state index in [1.807, 2.05) is 34.6 Å². The Labute approximate surface area is 227 Å². The number of hydrogen-bond donors (Lipinski definition) is 2. The summed E-state index contributed by atoms with van der Waals surface area (Å²) in [5.41, 5.74) is -1.06. The first-order valence-corrected chi connectivity index (χ1v) is 16.9. The largest absolute Gasteiger partial charge is 0.395 e. The van der Waals surface area contributed by atoms with Crippen molar-refractivity contribution in [2.45, 2.75) is 123 Å². The van der Waals surface area contributed by atoms with E-state index >= 15 is 0 Å². The third-order valence-electron chi connectivity index (χ3n) is 8.33. The number of aliphatic hydroxyl groups is 2. The highest BCUT2D eigenvalue weighted by atomic mass is 32.2. The summed E-state index contributed by atoms with van der Waals surface area (Å²) in [6, 6.07) is -1.15. The summed E-state index contributed by atoms with van der Waals surface area (Å²) in [4.78, 5) is 0. The molecular weight excluding hydrogens is 512 g/mol. The molecule has 0 aromatic heterocycles. The monoisotopic (exact) mass is 566 g/mol. The van der Waals surface area contributed by atoms with E-state index in [1.54, 1.807) is 27.7 Å². The minimum Gasteiger partial charge on any atom is -0.395 e. The molecule has 2 aliphatic carbocycles. The summed E-state index contributed by atoms with van der Waals surface area (Å²) in [5, 5.41) is 19.9. The zero-order valence-corrected chi connectivity index (χ0v) is 26.3. The van der Waals surface area contributed by atoms with Crippen molar-refractivity contribution in [2.75, 3.05) is 26.3 Å². The molecule has 0 amide bonds. The summed E-state index contributed by atoms with van der Waals surface area (Å²) >= 11 is 0. The number of aliphatic hydroxyl groups excluding tert-OH is 2. The van der Waals surface area contributed by atoms with Crippen molar-refractivity contribution in [2.24, 2.45) is 22.7 Å². The van der Waals surface area contributed by atoms with Crippen LogP contribution < -0.4 is 0 Å². The van der Waals surface area contributed by atoms with Gasteiger partial charge in [-0.25, -0.2) is 16.8 Å². The molecule has 8 nitrogen and oxygen atoms in total. The maximum atomic E-state index is 13.8. The Kier molecular flexibility index (Phi) is 10.4. The zero-order valence-electron chi connectivity index (χ0n) is 24.7. The second-order valence-electron chi connectivity index (χ2n) is 14.3. The second-order valence-corrected chi connectivity index (χ2v) is 19.2. The molecule has 2 saturated carbocycles. The summed E-state index contributed by atoms with van der Waals surface area (Å²) in [6.45, 7) is 16.7. The van der Waals surface area contributed by atoms with Crippen LogP contribution in [-0.2, 0) is 20.0 Å². The molecule has 37 heavy (non-hydrogen) atoms. The van der Waals surface area contributed by atoms with Crippen LogP contribution in [0.4, 0.5) is 0 Å². The van der Waals surface area contributed by atoms with Crippen molar-refractivity contribution < 1.29 is 27.0 Å². The molecule has 3 atom stereocenters. The van der Waals surface area contributed by atoms with Crippen LogP contribution in [-0.4, -0.2) is 84.0 Å². The fourth-order valence-electron chi connectivity index (χ4n) is 4.91. The van der Waals surface area contributed by atoms with Crippen LogP contribution in [0.25, 0.3) is 0 Å². The molecule has 220 valence electrons. The molecule has 0 bridgehead atoms. The normalized spacial score (nSPS) is 20.9. The maximum absolute atomic E-state index is 13.8. The van der Waals surface area contributed by atoms with Gasteiger partial charge in [0.15, 0.2) is 0 Å². The molecule has 2 fully saturated rings. The summed E-state index contributed by atoms with van der Waals surface area (Å²) < 4.78 is 56.8. The molecule has 0 spiro atoms. The van der Waals surface area contributed by atoms with Crippen LogP contribution in [0.2, 0.25) is 0 Å². The first-order valence-electron chi connectivity index (χ1n) is 13.9. The van der Waals surface area contributed by atoms with E-state index in [9.17, 15) is 27.0 Å². The molecule has 0 aliphatic heterocycles. The number of rotatable bonds is 15. The van der Waals surface area contributed by atoms with Crippen LogP contribution in [0, 0.1) is 22.7 Å². The van der Waals surface area contributed by atoms with E-state index < -0.39 is 53.0 Å². The van der Waals surface area contributed by atoms with Crippen molar-refractivity contribution in [3.8, 4) is 0 Å². The van der Waals surface area contributed by atoms with Gasteiger partial charge in [-0.05, 0) is 88.9 Å². The Morgan fingerprint density at radius 1 is 0.757 bits per heavy atom. The smallest absolute Gasteiger partial charge is 0.219 e. The summed E-state index contributed by atoms with van der Waals surface area (Å²) in [5.74, 6) is 0.650. The van der Waals surface area contributed by atoms with Crippen molar-refractivity contribution in [1.82, 2.24) is 8.61 Å². The molecule has 0 aromatic rings. The average Bonchev–Trinajstić information content (AvgIpc) is 3.65. The van der Waals surface area contributed by atoms with Gasteiger partial charge in [-0.2, -0.15) is 8.61 Å². The summed E-state index contributed by atoms with van der Waals surface area (Å²) in [7, 11) is -7.39. The quantitative estimate of drug-likeness (QED) is 0.311. The van der Waals surface area contributed by atoms with Gasteiger partial charge in [0.25, 0.3) is 0 Å². The molecule has 0 saturated heterocycles. The predicted octanol–water partition coefficient (Wildman–Crippen LogP) is 3.83. The highest BCUT2D eigenvalue weighted by molar-refractivity contribution is 7.90. The lowest BCUT2D eigenvalue weighted by molar-refractivity contribution is 0.0775. The standard InChI is InChI=1S/C27H54N2O6S2/c1-20(36(32,33)28(16-21-10-11-21)23(18-30)25(2,3)4)14-15-27(8,9)24(19-31)29(17-22-12-13-22)37(34,35)26(5,6)7/h20-24,30-31H,10-19H2,1-9H3/t20?,23-,24+/m1/s1. The lowest BCUT2D eigenvalue weighted by Gasteiger charge is -2.44. The van der Waals surface area contributed by atoms with Crippen LogP contribution in [0.5, 0.6) is 0 Å². The highest BCUT2D eigenvalue weighted by Crippen LogP contribution is 2.40. The zero-order chi connectivity index (χ0) is 28.6. The fraction of sp³-hybridized carbons (Fsp3) is 1.00. The molecule has 0 aromatic carbocycles. The molecular formula is C27H54N2O6S2. The average molecular weight is 567 g/mol. The van der Waals surface area contributed by atoms with Crippen molar-refractivity contribution in [1.29, 1.82) is 0 Å². The molecule has 2 aliphatic rings. The van der Waals surface area contributed by atoms with Gasteiger partial charge < -0.3 is 10.2 Å². The Hall–Kier alpha value is -0.260. The Bertz CT molecular complexity index is 958. The van der Waals surface area contributed by atoms with Crippen molar-refractivity contribution >= 4 is 20.0 Å².